The predicted octanol–water partition coefficient (Wildman–Crippen LogP) is 0.481. The summed E-state index contributed by atoms with van der Waals surface area (Å²) in [4.78, 5) is 12.0. The minimum atomic E-state index is -3.07. The second kappa shape index (κ2) is 7.47. The molecule has 0 aromatic rings. The standard InChI is InChI=1S/C14H25N3O3S.ClH/c18-14(13-4-1-7-15-13)16-9-11-3-2-8-17(10-11)21(19,20)12-5-6-12;/h11-13,15H,1-10H2,(H,16,18);1H. The predicted molar refractivity (Wildman–Crippen MR) is 87.5 cm³/mol. The molecule has 2 N–H and O–H groups in total. The highest BCUT2D eigenvalue weighted by Gasteiger charge is 2.41. The summed E-state index contributed by atoms with van der Waals surface area (Å²) in [5.74, 6) is 0.312. The molecule has 2 saturated heterocycles. The van der Waals surface area contributed by atoms with Gasteiger partial charge in [-0.15, -0.1) is 12.4 Å². The Morgan fingerprint density at radius 2 is 1.95 bits per heavy atom. The summed E-state index contributed by atoms with van der Waals surface area (Å²) < 4.78 is 26.2. The van der Waals surface area contributed by atoms with E-state index >= 15 is 0 Å². The van der Waals surface area contributed by atoms with Gasteiger partial charge in [0.25, 0.3) is 0 Å². The molecule has 3 aliphatic rings. The molecule has 2 atom stereocenters. The van der Waals surface area contributed by atoms with Crippen molar-refractivity contribution < 1.29 is 13.2 Å². The van der Waals surface area contributed by atoms with E-state index in [1.165, 1.54) is 0 Å². The van der Waals surface area contributed by atoms with Crippen LogP contribution >= 0.6 is 12.4 Å². The first kappa shape index (κ1) is 18.0. The molecule has 2 heterocycles. The van der Waals surface area contributed by atoms with E-state index in [9.17, 15) is 13.2 Å². The van der Waals surface area contributed by atoms with Gasteiger partial charge in [0, 0.05) is 19.6 Å². The van der Waals surface area contributed by atoms with Gasteiger partial charge in [-0.3, -0.25) is 4.79 Å². The van der Waals surface area contributed by atoms with E-state index in [1.807, 2.05) is 0 Å². The molecule has 8 heteroatoms. The number of carbonyl (C=O) groups is 1. The fourth-order valence-corrected chi connectivity index (χ4v) is 5.23. The molecule has 0 spiro atoms. The van der Waals surface area contributed by atoms with Gasteiger partial charge in [0.2, 0.25) is 15.9 Å². The van der Waals surface area contributed by atoms with E-state index in [0.29, 0.717) is 19.6 Å². The van der Waals surface area contributed by atoms with Crippen molar-refractivity contribution >= 4 is 28.3 Å². The number of halogens is 1. The largest absolute Gasteiger partial charge is 0.354 e. The number of carbonyl (C=O) groups excluding carboxylic acids is 1. The fourth-order valence-electron chi connectivity index (χ4n) is 3.28. The molecule has 6 nitrogen and oxygen atoms in total. The molecule has 2 unspecified atom stereocenters. The first-order valence-corrected chi connectivity index (χ1v) is 9.58. The zero-order chi connectivity index (χ0) is 14.9. The van der Waals surface area contributed by atoms with E-state index in [1.54, 1.807) is 4.31 Å². The van der Waals surface area contributed by atoms with Gasteiger partial charge in [0.15, 0.2) is 0 Å². The van der Waals surface area contributed by atoms with E-state index in [4.69, 9.17) is 0 Å². The number of amides is 1. The Hall–Kier alpha value is -0.370. The molecule has 1 amide bonds. The lowest BCUT2D eigenvalue weighted by atomic mass is 9.99. The van der Waals surface area contributed by atoms with Crippen LogP contribution in [-0.2, 0) is 14.8 Å². The third-order valence-electron chi connectivity index (χ3n) is 4.73. The van der Waals surface area contributed by atoms with Crippen LogP contribution in [-0.4, -0.2) is 56.1 Å². The van der Waals surface area contributed by atoms with Gasteiger partial charge in [-0.2, -0.15) is 0 Å². The molecule has 128 valence electrons. The highest BCUT2D eigenvalue weighted by atomic mass is 35.5. The number of sulfonamides is 1. The van der Waals surface area contributed by atoms with E-state index in [2.05, 4.69) is 10.6 Å². The van der Waals surface area contributed by atoms with Gasteiger partial charge < -0.3 is 10.6 Å². The highest BCUT2D eigenvalue weighted by Crippen LogP contribution is 2.33. The summed E-state index contributed by atoms with van der Waals surface area (Å²) in [5, 5.41) is 6.04. The second-order valence-electron chi connectivity index (χ2n) is 6.50. The summed E-state index contributed by atoms with van der Waals surface area (Å²) in [5.41, 5.74) is 0. The average molecular weight is 352 g/mol. The zero-order valence-corrected chi connectivity index (χ0v) is 14.4. The number of piperidine rings is 1. The molecular formula is C14H26ClN3O3S. The number of nitrogens with one attached hydrogen (secondary N) is 2. The number of nitrogens with zero attached hydrogens (tertiary/aromatic N) is 1. The topological polar surface area (TPSA) is 78.5 Å². The van der Waals surface area contributed by atoms with Crippen molar-refractivity contribution in [3.05, 3.63) is 0 Å². The number of rotatable bonds is 5. The molecule has 3 fully saturated rings. The average Bonchev–Trinajstić information content (AvgIpc) is 3.21. The molecule has 22 heavy (non-hydrogen) atoms. The summed E-state index contributed by atoms with van der Waals surface area (Å²) >= 11 is 0. The molecule has 0 bridgehead atoms. The minimum absolute atomic E-state index is 0. The lowest BCUT2D eigenvalue weighted by molar-refractivity contribution is -0.123. The third-order valence-corrected chi connectivity index (χ3v) is 7.09. The van der Waals surface area contributed by atoms with Crippen molar-refractivity contribution in [2.24, 2.45) is 5.92 Å². The summed E-state index contributed by atoms with van der Waals surface area (Å²) in [6, 6.07) is -0.0557. The third kappa shape index (κ3) is 4.13. The molecule has 0 aromatic carbocycles. The Labute approximate surface area is 138 Å². The monoisotopic (exact) mass is 351 g/mol. The van der Waals surface area contributed by atoms with E-state index < -0.39 is 10.0 Å². The van der Waals surface area contributed by atoms with Gasteiger partial charge in [-0.05, 0) is 51.0 Å². The van der Waals surface area contributed by atoms with E-state index in [0.717, 1.165) is 45.1 Å². The second-order valence-corrected chi connectivity index (χ2v) is 8.72. The van der Waals surface area contributed by atoms with Gasteiger partial charge in [0.1, 0.15) is 0 Å². The Morgan fingerprint density at radius 1 is 1.18 bits per heavy atom. The Morgan fingerprint density at radius 3 is 2.59 bits per heavy atom. The van der Waals surface area contributed by atoms with Crippen molar-refractivity contribution in [1.82, 2.24) is 14.9 Å². The lowest BCUT2D eigenvalue weighted by Gasteiger charge is -2.32. The van der Waals surface area contributed by atoms with Crippen LogP contribution in [0.5, 0.6) is 0 Å². The van der Waals surface area contributed by atoms with Gasteiger partial charge in [-0.25, -0.2) is 12.7 Å². The molecule has 2 aliphatic heterocycles. The van der Waals surface area contributed by atoms with Crippen molar-refractivity contribution in [2.45, 2.75) is 49.8 Å². The van der Waals surface area contributed by atoms with Gasteiger partial charge in [-0.1, -0.05) is 0 Å². The smallest absolute Gasteiger partial charge is 0.237 e. The summed E-state index contributed by atoms with van der Waals surface area (Å²) in [6.07, 6.45) is 5.47. The maximum Gasteiger partial charge on any atom is 0.237 e. The van der Waals surface area contributed by atoms with Crippen LogP contribution in [0, 0.1) is 5.92 Å². The Bertz CT molecular complexity index is 490. The number of hydrogen-bond donors (Lipinski definition) is 2. The van der Waals surface area contributed by atoms with Crippen LogP contribution < -0.4 is 10.6 Å². The van der Waals surface area contributed by atoms with Crippen LogP contribution in [0.1, 0.15) is 38.5 Å². The quantitative estimate of drug-likeness (QED) is 0.755. The van der Waals surface area contributed by atoms with Crippen LogP contribution in [0.2, 0.25) is 0 Å². The van der Waals surface area contributed by atoms with Crippen molar-refractivity contribution in [3.8, 4) is 0 Å². The molecule has 0 radical (unpaired) electrons. The first-order valence-electron chi connectivity index (χ1n) is 8.07. The van der Waals surface area contributed by atoms with Crippen molar-refractivity contribution in [2.75, 3.05) is 26.2 Å². The number of hydrogen-bond acceptors (Lipinski definition) is 4. The zero-order valence-electron chi connectivity index (χ0n) is 12.8. The van der Waals surface area contributed by atoms with Gasteiger partial charge >= 0.3 is 0 Å². The van der Waals surface area contributed by atoms with Crippen LogP contribution in [0.25, 0.3) is 0 Å². The summed E-state index contributed by atoms with van der Waals surface area (Å²) in [7, 11) is -3.07. The minimum Gasteiger partial charge on any atom is -0.354 e. The normalized spacial score (nSPS) is 29.8. The molecule has 1 aliphatic carbocycles. The van der Waals surface area contributed by atoms with Crippen LogP contribution in [0.3, 0.4) is 0 Å². The van der Waals surface area contributed by atoms with Crippen molar-refractivity contribution in [3.63, 3.8) is 0 Å². The van der Waals surface area contributed by atoms with Crippen LogP contribution in [0.4, 0.5) is 0 Å². The van der Waals surface area contributed by atoms with Crippen molar-refractivity contribution in [1.29, 1.82) is 0 Å². The summed E-state index contributed by atoms with van der Waals surface area (Å²) in [6.45, 7) is 2.72. The molecule has 0 aromatic heterocycles. The van der Waals surface area contributed by atoms with E-state index in [-0.39, 0.29) is 35.5 Å². The Balaban J connectivity index is 0.00000176. The first-order chi connectivity index (χ1) is 10.1. The Kier molecular flexibility index (Phi) is 6.10. The maximum absolute atomic E-state index is 12.3. The molecular weight excluding hydrogens is 326 g/mol. The van der Waals surface area contributed by atoms with Crippen LogP contribution in [0.15, 0.2) is 0 Å². The lowest BCUT2D eigenvalue weighted by Crippen LogP contribution is -2.47. The SMILES string of the molecule is Cl.O=C(NCC1CCCN(S(=O)(=O)C2CC2)C1)C1CCCN1. The molecule has 3 rings (SSSR count). The fraction of sp³-hybridized carbons (Fsp3) is 0.929. The maximum atomic E-state index is 12.3. The van der Waals surface area contributed by atoms with Gasteiger partial charge in [0.05, 0.1) is 11.3 Å². The highest BCUT2D eigenvalue weighted by molar-refractivity contribution is 7.90. The molecule has 1 saturated carbocycles.